The molecule has 2 unspecified atom stereocenters. The second kappa shape index (κ2) is 5.50. The third-order valence-corrected chi connectivity index (χ3v) is 5.63. The summed E-state index contributed by atoms with van der Waals surface area (Å²) in [4.78, 5) is 10.9. The van der Waals surface area contributed by atoms with Crippen molar-refractivity contribution in [2.75, 3.05) is 6.54 Å². The van der Waals surface area contributed by atoms with Crippen LogP contribution in [0.15, 0.2) is 23.1 Å². The monoisotopic (exact) mass is 339 g/mol. The van der Waals surface area contributed by atoms with Crippen molar-refractivity contribution in [2.24, 2.45) is 0 Å². The van der Waals surface area contributed by atoms with Gasteiger partial charge in [0.05, 0.1) is 21.0 Å². The van der Waals surface area contributed by atoms with Gasteiger partial charge in [0.15, 0.2) is 0 Å². The number of rotatable bonds is 3. The molecule has 6 nitrogen and oxygen atoms in total. The summed E-state index contributed by atoms with van der Waals surface area (Å²) < 4.78 is 25.6. The van der Waals surface area contributed by atoms with Crippen molar-refractivity contribution in [3.8, 4) is 0 Å². The third-order valence-electron chi connectivity index (χ3n) is 3.02. The van der Waals surface area contributed by atoms with Gasteiger partial charge in [-0.3, -0.25) is 4.79 Å². The highest BCUT2D eigenvalue weighted by Gasteiger charge is 2.43. The van der Waals surface area contributed by atoms with Crippen LogP contribution >= 0.6 is 23.2 Å². The molecule has 2 N–H and O–H groups in total. The van der Waals surface area contributed by atoms with Crippen LogP contribution in [0.1, 0.15) is 6.42 Å². The summed E-state index contributed by atoms with van der Waals surface area (Å²) in [6, 6.07) is 2.43. The predicted octanol–water partition coefficient (Wildman–Crippen LogP) is 1.20. The molecule has 9 heteroatoms. The van der Waals surface area contributed by atoms with Crippen molar-refractivity contribution < 1.29 is 23.4 Å². The molecule has 110 valence electrons. The number of sulfonamides is 1. The zero-order valence-corrected chi connectivity index (χ0v) is 12.4. The molecule has 0 saturated carbocycles. The minimum atomic E-state index is -4.06. The number of halogens is 2. The maximum atomic E-state index is 12.4. The van der Waals surface area contributed by atoms with Crippen LogP contribution in [-0.2, 0) is 14.8 Å². The molecule has 2 atom stereocenters. The SMILES string of the molecule is O=C(O)C1CC(O)CN1S(=O)(=O)c1ccc(Cl)c(Cl)c1. The summed E-state index contributed by atoms with van der Waals surface area (Å²) >= 11 is 11.5. The van der Waals surface area contributed by atoms with Gasteiger partial charge < -0.3 is 10.2 Å². The van der Waals surface area contributed by atoms with Gasteiger partial charge >= 0.3 is 5.97 Å². The van der Waals surface area contributed by atoms with Gasteiger partial charge in [-0.15, -0.1) is 0 Å². The first-order chi connectivity index (χ1) is 9.23. The van der Waals surface area contributed by atoms with E-state index in [9.17, 15) is 18.3 Å². The topological polar surface area (TPSA) is 94.9 Å². The molecule has 1 aliphatic heterocycles. The summed E-state index contributed by atoms with van der Waals surface area (Å²) in [6.45, 7) is -0.264. The number of hydrogen-bond donors (Lipinski definition) is 2. The van der Waals surface area contributed by atoms with Crippen molar-refractivity contribution in [3.63, 3.8) is 0 Å². The fourth-order valence-corrected chi connectivity index (χ4v) is 4.07. The first-order valence-corrected chi connectivity index (χ1v) is 7.81. The van der Waals surface area contributed by atoms with E-state index >= 15 is 0 Å². The highest BCUT2D eigenvalue weighted by Crippen LogP contribution is 2.30. The Morgan fingerprint density at radius 1 is 1.30 bits per heavy atom. The molecule has 1 aliphatic rings. The van der Waals surface area contributed by atoms with Crippen LogP contribution in [0.3, 0.4) is 0 Å². The number of benzene rings is 1. The number of carboxylic acid groups (broad SMARTS) is 1. The number of carboxylic acids is 1. The summed E-state index contributed by atoms with van der Waals surface area (Å²) in [5, 5.41) is 18.8. The molecular formula is C11H11Cl2NO5S. The first-order valence-electron chi connectivity index (χ1n) is 5.61. The van der Waals surface area contributed by atoms with Crippen molar-refractivity contribution in [1.29, 1.82) is 0 Å². The van der Waals surface area contributed by atoms with Crippen LogP contribution in [0.2, 0.25) is 10.0 Å². The normalized spacial score (nSPS) is 23.9. The molecule has 1 heterocycles. The van der Waals surface area contributed by atoms with Gasteiger partial charge in [-0.25, -0.2) is 8.42 Å². The van der Waals surface area contributed by atoms with Gasteiger partial charge in [0.2, 0.25) is 10.0 Å². The number of β-amino-alcohol motifs (C(OH)–C–C–N with tert-alkyl or cyclic N) is 1. The summed E-state index contributed by atoms with van der Waals surface area (Å²) in [7, 11) is -4.06. The molecule has 0 radical (unpaired) electrons. The van der Waals surface area contributed by atoms with Gasteiger partial charge in [0.1, 0.15) is 6.04 Å². The minimum Gasteiger partial charge on any atom is -0.480 e. The van der Waals surface area contributed by atoms with E-state index in [0.717, 1.165) is 10.4 Å². The van der Waals surface area contributed by atoms with Crippen LogP contribution in [0.5, 0.6) is 0 Å². The molecule has 0 spiro atoms. The molecular weight excluding hydrogens is 329 g/mol. The third kappa shape index (κ3) is 2.77. The van der Waals surface area contributed by atoms with E-state index in [1.165, 1.54) is 12.1 Å². The van der Waals surface area contributed by atoms with Gasteiger partial charge in [0, 0.05) is 13.0 Å². The van der Waals surface area contributed by atoms with Crippen LogP contribution in [0.4, 0.5) is 0 Å². The van der Waals surface area contributed by atoms with Crippen LogP contribution in [0, 0.1) is 0 Å². The van der Waals surface area contributed by atoms with E-state index < -0.39 is 28.1 Å². The number of aliphatic hydroxyl groups is 1. The van der Waals surface area contributed by atoms with E-state index in [1.807, 2.05) is 0 Å². The molecule has 1 aromatic carbocycles. The van der Waals surface area contributed by atoms with Gasteiger partial charge in [-0.2, -0.15) is 4.31 Å². The van der Waals surface area contributed by atoms with Crippen molar-refractivity contribution in [1.82, 2.24) is 4.31 Å². The van der Waals surface area contributed by atoms with Gasteiger partial charge in [0.25, 0.3) is 0 Å². The second-order valence-electron chi connectivity index (χ2n) is 4.39. The smallest absolute Gasteiger partial charge is 0.322 e. The first kappa shape index (κ1) is 15.5. The summed E-state index contributed by atoms with van der Waals surface area (Å²) in [5.74, 6) is -1.30. The highest BCUT2D eigenvalue weighted by atomic mass is 35.5. The Labute approximate surface area is 125 Å². The van der Waals surface area contributed by atoms with Crippen LogP contribution in [0.25, 0.3) is 0 Å². The van der Waals surface area contributed by atoms with E-state index in [4.69, 9.17) is 28.3 Å². The Hall–Kier alpha value is -0.860. The predicted molar refractivity (Wildman–Crippen MR) is 72.4 cm³/mol. The Balaban J connectivity index is 2.43. The lowest BCUT2D eigenvalue weighted by Gasteiger charge is -2.20. The highest BCUT2D eigenvalue weighted by molar-refractivity contribution is 7.89. The molecule has 1 saturated heterocycles. The number of aliphatic carboxylic acids is 1. The van der Waals surface area contributed by atoms with E-state index in [-0.39, 0.29) is 27.9 Å². The molecule has 0 amide bonds. The Morgan fingerprint density at radius 3 is 2.50 bits per heavy atom. The average Bonchev–Trinajstić information content (AvgIpc) is 2.75. The second-order valence-corrected chi connectivity index (χ2v) is 7.10. The van der Waals surface area contributed by atoms with E-state index in [1.54, 1.807) is 0 Å². The largest absolute Gasteiger partial charge is 0.480 e. The molecule has 1 aromatic rings. The number of hydrogen-bond acceptors (Lipinski definition) is 4. The molecule has 2 rings (SSSR count). The minimum absolute atomic E-state index is 0.0550. The zero-order valence-electron chi connectivity index (χ0n) is 10.0. The van der Waals surface area contributed by atoms with Gasteiger partial charge in [-0.1, -0.05) is 23.2 Å². The lowest BCUT2D eigenvalue weighted by Crippen LogP contribution is -2.40. The molecule has 0 bridgehead atoms. The standard InChI is InChI=1S/C11H11Cl2NO5S/c12-8-2-1-7(4-9(8)13)20(18,19)14-5-6(15)3-10(14)11(16)17/h1-2,4,6,10,15H,3,5H2,(H,16,17). The maximum absolute atomic E-state index is 12.4. The molecule has 0 aromatic heterocycles. The van der Waals surface area contributed by atoms with Crippen molar-refractivity contribution in [3.05, 3.63) is 28.2 Å². The number of carbonyl (C=O) groups is 1. The number of aliphatic hydroxyl groups excluding tert-OH is 1. The summed E-state index contributed by atoms with van der Waals surface area (Å²) in [5.41, 5.74) is 0. The average molecular weight is 340 g/mol. The lowest BCUT2D eigenvalue weighted by atomic mass is 10.2. The van der Waals surface area contributed by atoms with Crippen LogP contribution in [-0.4, -0.2) is 47.6 Å². The summed E-state index contributed by atoms with van der Waals surface area (Å²) in [6.07, 6.45) is -1.15. The fourth-order valence-electron chi connectivity index (χ4n) is 2.05. The maximum Gasteiger partial charge on any atom is 0.322 e. The van der Waals surface area contributed by atoms with E-state index in [0.29, 0.717) is 0 Å². The zero-order chi connectivity index (χ0) is 15.1. The molecule has 1 fully saturated rings. The fraction of sp³-hybridized carbons (Fsp3) is 0.364. The quantitative estimate of drug-likeness (QED) is 0.862. The molecule has 0 aliphatic carbocycles. The Kier molecular flexibility index (Phi) is 4.27. The Morgan fingerprint density at radius 2 is 1.95 bits per heavy atom. The number of nitrogens with zero attached hydrogens (tertiary/aromatic N) is 1. The van der Waals surface area contributed by atoms with Crippen molar-refractivity contribution >= 4 is 39.2 Å². The van der Waals surface area contributed by atoms with E-state index in [2.05, 4.69) is 0 Å². The van der Waals surface area contributed by atoms with Gasteiger partial charge in [-0.05, 0) is 18.2 Å². The van der Waals surface area contributed by atoms with Crippen molar-refractivity contribution in [2.45, 2.75) is 23.5 Å². The van der Waals surface area contributed by atoms with Crippen LogP contribution < -0.4 is 0 Å². The lowest BCUT2D eigenvalue weighted by molar-refractivity contribution is -0.140. The molecule has 20 heavy (non-hydrogen) atoms. The Bertz CT molecular complexity index is 648.